The smallest absolute Gasteiger partial charge is 0.328 e. The zero-order valence-corrected chi connectivity index (χ0v) is 35.7. The molecule has 316 valence electrons. The second kappa shape index (κ2) is 36.9. The van der Waals surface area contributed by atoms with E-state index < -0.39 is 6.04 Å². The number of aliphatic hydroxyl groups is 1. The Kier molecular flexibility index (Phi) is 33.8. The number of hydrogen-bond donors (Lipinski definition) is 2. The van der Waals surface area contributed by atoms with E-state index in [-0.39, 0.29) is 30.4 Å². The van der Waals surface area contributed by atoms with Crippen molar-refractivity contribution in [1.82, 2.24) is 15.1 Å². The van der Waals surface area contributed by atoms with Crippen molar-refractivity contribution in [2.24, 2.45) is 0 Å². The van der Waals surface area contributed by atoms with Crippen LogP contribution in [0.1, 0.15) is 181 Å². The number of carbonyl (C=O) groups excluding carboxylic acids is 3. The molecule has 1 saturated heterocycles. The summed E-state index contributed by atoms with van der Waals surface area (Å²) in [5.74, 6) is -0.484. The molecule has 1 heterocycles. The van der Waals surface area contributed by atoms with E-state index in [1.165, 1.54) is 70.6 Å². The minimum absolute atomic E-state index is 0.0271. The maximum absolute atomic E-state index is 13.4. The van der Waals surface area contributed by atoms with E-state index in [0.717, 1.165) is 77.0 Å². The average Bonchev–Trinajstić information content (AvgIpc) is 3.60. The van der Waals surface area contributed by atoms with Crippen molar-refractivity contribution >= 4 is 17.8 Å². The van der Waals surface area contributed by atoms with Crippen LogP contribution in [0.25, 0.3) is 0 Å². The number of nitrogens with zero attached hydrogens (tertiary/aromatic N) is 2. The third-order valence-corrected chi connectivity index (χ3v) is 10.4. The number of ether oxygens (including phenoxy) is 1. The van der Waals surface area contributed by atoms with Crippen LogP contribution in [0.4, 0.5) is 0 Å². The Morgan fingerprint density at radius 1 is 0.655 bits per heavy atom. The summed E-state index contributed by atoms with van der Waals surface area (Å²) in [5, 5.41) is 12.2. The number of allylic oxidation sites excluding steroid dienone is 8. The molecular formula is C47H83N3O5. The lowest BCUT2D eigenvalue weighted by Crippen LogP contribution is -2.42. The molecule has 55 heavy (non-hydrogen) atoms. The first-order valence-corrected chi connectivity index (χ1v) is 22.6. The van der Waals surface area contributed by atoms with Gasteiger partial charge in [0.25, 0.3) is 0 Å². The van der Waals surface area contributed by atoms with Gasteiger partial charge in [-0.25, -0.2) is 4.79 Å². The number of likely N-dealkylation sites (tertiary alicyclic amines) is 1. The molecule has 0 aliphatic carbocycles. The van der Waals surface area contributed by atoms with Crippen LogP contribution < -0.4 is 5.32 Å². The van der Waals surface area contributed by atoms with Crippen LogP contribution in [0.2, 0.25) is 0 Å². The number of hydrogen-bond acceptors (Lipinski definition) is 6. The minimum atomic E-state index is -0.655. The molecule has 0 aromatic rings. The van der Waals surface area contributed by atoms with Gasteiger partial charge in [-0.3, -0.25) is 9.59 Å². The van der Waals surface area contributed by atoms with Gasteiger partial charge in [0.1, 0.15) is 6.04 Å². The van der Waals surface area contributed by atoms with Crippen LogP contribution >= 0.6 is 0 Å². The van der Waals surface area contributed by atoms with Crippen LogP contribution in [0.5, 0.6) is 0 Å². The van der Waals surface area contributed by atoms with E-state index in [2.05, 4.69) is 67.8 Å². The molecule has 1 aliphatic rings. The molecule has 2 atom stereocenters. The summed E-state index contributed by atoms with van der Waals surface area (Å²) in [6.07, 6.45) is 45.6. The molecule has 1 fully saturated rings. The first-order chi connectivity index (χ1) is 26.9. The predicted octanol–water partition coefficient (Wildman–Crippen LogP) is 10.6. The summed E-state index contributed by atoms with van der Waals surface area (Å²) in [4.78, 5) is 42.9. The van der Waals surface area contributed by atoms with Crippen LogP contribution in [-0.2, 0) is 19.1 Å². The second-order valence-electron chi connectivity index (χ2n) is 15.6. The number of amides is 2. The lowest BCUT2D eigenvalue weighted by molar-refractivity contribution is -0.153. The first-order valence-electron chi connectivity index (χ1n) is 22.6. The third-order valence-electron chi connectivity index (χ3n) is 10.4. The zero-order chi connectivity index (χ0) is 40.0. The maximum atomic E-state index is 13.4. The van der Waals surface area contributed by atoms with Crippen molar-refractivity contribution in [3.05, 3.63) is 48.6 Å². The molecule has 1 aliphatic heterocycles. The third kappa shape index (κ3) is 29.2. The van der Waals surface area contributed by atoms with Gasteiger partial charge in [-0.15, -0.1) is 0 Å². The Balaban J connectivity index is 2.38. The van der Waals surface area contributed by atoms with Crippen molar-refractivity contribution in [1.29, 1.82) is 0 Å². The number of nitrogens with one attached hydrogen (secondary N) is 1. The molecule has 0 radical (unpaired) electrons. The second-order valence-corrected chi connectivity index (χ2v) is 15.6. The quantitative estimate of drug-likeness (QED) is 0.0374. The van der Waals surface area contributed by atoms with Gasteiger partial charge in [0.05, 0.1) is 13.2 Å². The fourth-order valence-corrected chi connectivity index (χ4v) is 6.90. The molecule has 0 aromatic carbocycles. The zero-order valence-electron chi connectivity index (χ0n) is 35.7. The van der Waals surface area contributed by atoms with Gasteiger partial charge in [0.15, 0.2) is 0 Å². The predicted molar refractivity (Wildman–Crippen MR) is 231 cm³/mol. The molecule has 2 amide bonds. The van der Waals surface area contributed by atoms with Crippen LogP contribution in [0.15, 0.2) is 48.6 Å². The lowest BCUT2D eigenvalue weighted by Gasteiger charge is -2.23. The molecule has 2 N–H and O–H groups in total. The fraction of sp³-hybridized carbons (Fsp3) is 0.766. The molecule has 0 saturated carbocycles. The molecule has 1 rings (SSSR count). The average molecular weight is 770 g/mol. The van der Waals surface area contributed by atoms with E-state index in [4.69, 9.17) is 9.84 Å². The van der Waals surface area contributed by atoms with Gasteiger partial charge in [-0.1, -0.05) is 133 Å². The number of aliphatic hydroxyl groups excluding tert-OH is 1. The van der Waals surface area contributed by atoms with Gasteiger partial charge in [-0.05, 0) is 84.1 Å². The topological polar surface area (TPSA) is 99.2 Å². The molecule has 8 heteroatoms. The SMILES string of the molecule is CCCCC/C=C\C/C=C\CCCCCCCCOC(=O)C1CC(NC(=O)CCN(C)CCO)CN1C(=O)CCCCCCC/C=C\C/C=C\CCCCC. The molecule has 0 bridgehead atoms. The largest absolute Gasteiger partial charge is 0.464 e. The maximum Gasteiger partial charge on any atom is 0.328 e. The van der Waals surface area contributed by atoms with Crippen LogP contribution in [0.3, 0.4) is 0 Å². The summed E-state index contributed by atoms with van der Waals surface area (Å²) in [6, 6.07) is -0.930. The van der Waals surface area contributed by atoms with Gasteiger partial charge >= 0.3 is 5.97 Å². The molecular weight excluding hydrogens is 687 g/mol. The molecule has 0 spiro atoms. The van der Waals surface area contributed by atoms with Crippen molar-refractivity contribution in [3.63, 3.8) is 0 Å². The number of esters is 1. The highest BCUT2D eigenvalue weighted by atomic mass is 16.5. The minimum Gasteiger partial charge on any atom is -0.464 e. The number of unbranched alkanes of at least 4 members (excludes halogenated alkanes) is 17. The van der Waals surface area contributed by atoms with Crippen molar-refractivity contribution in [2.75, 3.05) is 39.9 Å². The molecule has 0 aromatic heterocycles. The van der Waals surface area contributed by atoms with Gasteiger partial charge < -0.3 is 25.0 Å². The Hall–Kier alpha value is -2.71. The van der Waals surface area contributed by atoms with Crippen molar-refractivity contribution in [3.8, 4) is 0 Å². The summed E-state index contributed by atoms with van der Waals surface area (Å²) in [6.45, 7) is 6.27. The summed E-state index contributed by atoms with van der Waals surface area (Å²) < 4.78 is 5.72. The van der Waals surface area contributed by atoms with Crippen molar-refractivity contribution in [2.45, 2.75) is 193 Å². The lowest BCUT2D eigenvalue weighted by atomic mass is 10.1. The Bertz CT molecular complexity index is 1070. The highest BCUT2D eigenvalue weighted by molar-refractivity contribution is 5.86. The summed E-state index contributed by atoms with van der Waals surface area (Å²) in [5.41, 5.74) is 0. The highest BCUT2D eigenvalue weighted by Crippen LogP contribution is 2.22. The van der Waals surface area contributed by atoms with E-state index in [1.807, 2.05) is 11.9 Å². The number of rotatable bonds is 36. The van der Waals surface area contributed by atoms with Gasteiger partial charge in [0.2, 0.25) is 11.8 Å². The number of likely N-dealkylation sites (N-methyl/N-ethyl adjacent to an activating group) is 1. The molecule has 2 unspecified atom stereocenters. The van der Waals surface area contributed by atoms with E-state index in [9.17, 15) is 14.4 Å². The fourth-order valence-electron chi connectivity index (χ4n) is 6.90. The Morgan fingerprint density at radius 2 is 1.15 bits per heavy atom. The first kappa shape index (κ1) is 50.3. The van der Waals surface area contributed by atoms with E-state index >= 15 is 0 Å². The standard InChI is InChI=1S/C47H83N3O5/c1-4-6-8-10-12-14-16-18-20-22-24-26-28-30-32-34-40-55-47(54)44-41-43(48-45(52)36-37-49(3)38-39-51)42-50(44)46(53)35-33-31-29-27-25-23-21-19-17-15-13-11-9-7-5-2/h12-15,18-21,43-44,51H,4-11,16-17,22-42H2,1-3H3,(H,48,52)/b14-12-,15-13-,20-18-,21-19-. The Morgan fingerprint density at radius 3 is 1.67 bits per heavy atom. The van der Waals surface area contributed by atoms with E-state index in [0.29, 0.717) is 45.5 Å². The highest BCUT2D eigenvalue weighted by Gasteiger charge is 2.40. The monoisotopic (exact) mass is 770 g/mol. The van der Waals surface area contributed by atoms with Crippen molar-refractivity contribution < 1.29 is 24.2 Å². The van der Waals surface area contributed by atoms with Gasteiger partial charge in [-0.2, -0.15) is 0 Å². The normalized spacial score (nSPS) is 16.2. The Labute approximate surface area is 337 Å². The van der Waals surface area contributed by atoms with E-state index in [1.54, 1.807) is 4.90 Å². The van der Waals surface area contributed by atoms with Gasteiger partial charge in [0, 0.05) is 44.9 Å². The van der Waals surface area contributed by atoms with Crippen LogP contribution in [-0.4, -0.2) is 84.7 Å². The summed E-state index contributed by atoms with van der Waals surface area (Å²) >= 11 is 0. The van der Waals surface area contributed by atoms with Crippen LogP contribution in [0, 0.1) is 0 Å². The number of carbonyl (C=O) groups is 3. The summed E-state index contributed by atoms with van der Waals surface area (Å²) in [7, 11) is 1.87. The molecule has 8 nitrogen and oxygen atoms in total.